The zero-order chi connectivity index (χ0) is 17.2. The van der Waals surface area contributed by atoms with E-state index in [4.69, 9.17) is 0 Å². The molecule has 1 amide bonds. The van der Waals surface area contributed by atoms with Crippen LogP contribution < -0.4 is 5.32 Å². The van der Waals surface area contributed by atoms with Crippen LogP contribution in [0.3, 0.4) is 0 Å². The molecule has 0 saturated carbocycles. The molecule has 0 radical (unpaired) electrons. The largest absolute Gasteiger partial charge is 0.349 e. The van der Waals surface area contributed by atoms with E-state index in [0.29, 0.717) is 6.54 Å². The molecule has 2 aromatic heterocycles. The lowest BCUT2D eigenvalue weighted by atomic mass is 9.92. The maximum Gasteiger partial charge on any atom is 0.243 e. The minimum Gasteiger partial charge on any atom is -0.349 e. The van der Waals surface area contributed by atoms with E-state index in [9.17, 15) is 4.79 Å². The Morgan fingerprint density at radius 3 is 2.61 bits per heavy atom. The quantitative estimate of drug-likeness (QED) is 0.890. The van der Waals surface area contributed by atoms with Gasteiger partial charge in [-0.3, -0.25) is 9.89 Å². The summed E-state index contributed by atoms with van der Waals surface area (Å²) in [6.45, 7) is 12.8. The summed E-state index contributed by atoms with van der Waals surface area (Å²) in [5.41, 5.74) is 1.89. The van der Waals surface area contributed by atoms with Crippen molar-refractivity contribution in [1.29, 1.82) is 0 Å². The lowest BCUT2D eigenvalue weighted by Gasteiger charge is -2.17. The van der Waals surface area contributed by atoms with E-state index in [1.807, 2.05) is 23.8 Å². The molecule has 0 aliphatic heterocycles. The van der Waals surface area contributed by atoms with Gasteiger partial charge >= 0.3 is 0 Å². The van der Waals surface area contributed by atoms with Gasteiger partial charge in [-0.25, -0.2) is 4.98 Å². The van der Waals surface area contributed by atoms with Crippen molar-refractivity contribution in [3.05, 3.63) is 35.7 Å². The van der Waals surface area contributed by atoms with Crippen molar-refractivity contribution in [3.63, 3.8) is 0 Å². The van der Waals surface area contributed by atoms with Crippen molar-refractivity contribution in [1.82, 2.24) is 25.1 Å². The van der Waals surface area contributed by atoms with Crippen LogP contribution in [0.2, 0.25) is 0 Å². The van der Waals surface area contributed by atoms with Crippen LogP contribution >= 0.6 is 0 Å². The molecule has 0 aliphatic carbocycles. The molecule has 2 rings (SSSR count). The predicted molar refractivity (Wildman–Crippen MR) is 90.2 cm³/mol. The van der Waals surface area contributed by atoms with Gasteiger partial charge in [0.1, 0.15) is 11.9 Å². The molecule has 2 N–H and O–H groups in total. The van der Waals surface area contributed by atoms with E-state index < -0.39 is 0 Å². The molecule has 6 nitrogen and oxygen atoms in total. The SMILES string of the molecule is CC(C)c1nccn1[C@H](C)C(=O)NCc1cc(C(C)(C)C)n[nH]1. The summed E-state index contributed by atoms with van der Waals surface area (Å²) in [6, 6.07) is 1.71. The second kappa shape index (κ2) is 6.56. The average molecular weight is 317 g/mol. The van der Waals surface area contributed by atoms with Crippen molar-refractivity contribution in [2.75, 3.05) is 0 Å². The zero-order valence-electron chi connectivity index (χ0n) is 14.8. The van der Waals surface area contributed by atoms with Gasteiger partial charge in [0.2, 0.25) is 5.91 Å². The first kappa shape index (κ1) is 17.2. The number of aromatic amines is 1. The summed E-state index contributed by atoms with van der Waals surface area (Å²) < 4.78 is 1.92. The molecule has 0 saturated heterocycles. The third kappa shape index (κ3) is 4.00. The molecule has 0 unspecified atom stereocenters. The van der Waals surface area contributed by atoms with E-state index in [1.54, 1.807) is 6.20 Å². The summed E-state index contributed by atoms with van der Waals surface area (Å²) in [5.74, 6) is 1.17. The maximum absolute atomic E-state index is 12.4. The Kier molecular flexibility index (Phi) is 4.92. The number of imidazole rings is 1. The van der Waals surface area contributed by atoms with E-state index in [0.717, 1.165) is 17.2 Å². The Morgan fingerprint density at radius 2 is 2.04 bits per heavy atom. The summed E-state index contributed by atoms with van der Waals surface area (Å²) in [7, 11) is 0. The second-order valence-electron chi connectivity index (χ2n) is 7.27. The van der Waals surface area contributed by atoms with Crippen molar-refractivity contribution in [2.24, 2.45) is 0 Å². The predicted octanol–water partition coefficient (Wildman–Crippen LogP) is 2.90. The monoisotopic (exact) mass is 317 g/mol. The fourth-order valence-electron chi connectivity index (χ4n) is 2.39. The number of rotatable bonds is 5. The minimum atomic E-state index is -0.292. The third-order valence-corrected chi connectivity index (χ3v) is 3.86. The Labute approximate surface area is 137 Å². The van der Waals surface area contributed by atoms with Crippen molar-refractivity contribution in [3.8, 4) is 0 Å². The highest BCUT2D eigenvalue weighted by Gasteiger charge is 2.20. The molecule has 0 fully saturated rings. The highest BCUT2D eigenvalue weighted by molar-refractivity contribution is 5.79. The fraction of sp³-hybridized carbons (Fsp3) is 0.588. The second-order valence-corrected chi connectivity index (χ2v) is 7.27. The zero-order valence-corrected chi connectivity index (χ0v) is 14.8. The van der Waals surface area contributed by atoms with Crippen LogP contribution in [0.15, 0.2) is 18.5 Å². The van der Waals surface area contributed by atoms with Crippen molar-refractivity contribution in [2.45, 2.75) is 65.5 Å². The summed E-state index contributed by atoms with van der Waals surface area (Å²) >= 11 is 0. The van der Waals surface area contributed by atoms with Gasteiger partial charge in [-0.2, -0.15) is 5.10 Å². The lowest BCUT2D eigenvalue weighted by Crippen LogP contribution is -2.31. The number of nitrogens with zero attached hydrogens (tertiary/aromatic N) is 3. The fourth-order valence-corrected chi connectivity index (χ4v) is 2.39. The first-order valence-corrected chi connectivity index (χ1v) is 8.05. The van der Waals surface area contributed by atoms with E-state index in [2.05, 4.69) is 55.1 Å². The van der Waals surface area contributed by atoms with E-state index >= 15 is 0 Å². The molecular weight excluding hydrogens is 290 g/mol. The number of aromatic nitrogens is 4. The molecule has 6 heteroatoms. The Morgan fingerprint density at radius 1 is 1.35 bits per heavy atom. The lowest BCUT2D eigenvalue weighted by molar-refractivity contribution is -0.124. The van der Waals surface area contributed by atoms with Crippen LogP contribution in [0.1, 0.15) is 70.7 Å². The Hall–Kier alpha value is -2.11. The van der Waals surface area contributed by atoms with Gasteiger partial charge in [-0.05, 0) is 13.0 Å². The molecule has 126 valence electrons. The van der Waals surface area contributed by atoms with Gasteiger partial charge in [-0.1, -0.05) is 34.6 Å². The number of hydrogen-bond donors (Lipinski definition) is 2. The highest BCUT2D eigenvalue weighted by Crippen LogP contribution is 2.20. The highest BCUT2D eigenvalue weighted by atomic mass is 16.2. The standard InChI is InChI=1S/C17H27N5O/c1-11(2)15-18-7-8-22(15)12(3)16(23)19-10-13-9-14(21-20-13)17(4,5)6/h7-9,11-12H,10H2,1-6H3,(H,19,23)(H,20,21)/t12-/m1/s1. The van der Waals surface area contributed by atoms with Gasteiger partial charge in [0.25, 0.3) is 0 Å². The topological polar surface area (TPSA) is 75.6 Å². The number of amides is 1. The van der Waals surface area contributed by atoms with Crippen LogP contribution in [-0.2, 0) is 16.8 Å². The number of carbonyl (C=O) groups is 1. The number of H-pyrrole nitrogens is 1. The normalized spacial score (nSPS) is 13.3. The molecule has 2 aromatic rings. The van der Waals surface area contributed by atoms with E-state index in [-0.39, 0.29) is 23.3 Å². The van der Waals surface area contributed by atoms with Gasteiger partial charge in [0.05, 0.1) is 17.9 Å². The smallest absolute Gasteiger partial charge is 0.243 e. The third-order valence-electron chi connectivity index (χ3n) is 3.86. The first-order chi connectivity index (χ1) is 10.7. The Bertz CT molecular complexity index is 663. The molecular formula is C17H27N5O. The van der Waals surface area contributed by atoms with Gasteiger partial charge in [0, 0.05) is 23.7 Å². The summed E-state index contributed by atoms with van der Waals surface area (Å²) in [5, 5.41) is 10.3. The van der Waals surface area contributed by atoms with Crippen LogP contribution in [0.5, 0.6) is 0 Å². The molecule has 0 aromatic carbocycles. The molecule has 0 bridgehead atoms. The van der Waals surface area contributed by atoms with Crippen LogP contribution in [0, 0.1) is 0 Å². The van der Waals surface area contributed by atoms with Crippen molar-refractivity contribution < 1.29 is 4.79 Å². The maximum atomic E-state index is 12.4. The average Bonchev–Trinajstić information content (AvgIpc) is 3.11. The van der Waals surface area contributed by atoms with E-state index in [1.165, 1.54) is 0 Å². The van der Waals surface area contributed by atoms with Crippen molar-refractivity contribution >= 4 is 5.91 Å². The van der Waals surface area contributed by atoms with Crippen LogP contribution in [0.4, 0.5) is 0 Å². The number of hydrogen-bond acceptors (Lipinski definition) is 3. The first-order valence-electron chi connectivity index (χ1n) is 8.05. The summed E-state index contributed by atoms with van der Waals surface area (Å²) in [4.78, 5) is 16.7. The van der Waals surface area contributed by atoms with Gasteiger partial charge in [-0.15, -0.1) is 0 Å². The van der Waals surface area contributed by atoms with Crippen LogP contribution in [-0.4, -0.2) is 25.7 Å². The summed E-state index contributed by atoms with van der Waals surface area (Å²) in [6.07, 6.45) is 3.59. The van der Waals surface area contributed by atoms with Crippen LogP contribution in [0.25, 0.3) is 0 Å². The van der Waals surface area contributed by atoms with Gasteiger partial charge in [0.15, 0.2) is 0 Å². The molecule has 0 spiro atoms. The molecule has 2 heterocycles. The molecule has 0 aliphatic rings. The minimum absolute atomic E-state index is 0.00493. The van der Waals surface area contributed by atoms with Gasteiger partial charge < -0.3 is 9.88 Å². The molecule has 23 heavy (non-hydrogen) atoms. The Balaban J connectivity index is 1.99. The molecule has 1 atom stereocenters. The number of carbonyl (C=O) groups excluding carboxylic acids is 1. The number of nitrogens with one attached hydrogen (secondary N) is 2.